The van der Waals surface area contributed by atoms with E-state index in [-0.39, 0.29) is 12.2 Å². The molecule has 1 aromatic carbocycles. The van der Waals surface area contributed by atoms with E-state index < -0.39 is 5.60 Å². The molecule has 3 aliphatic rings. The van der Waals surface area contributed by atoms with Crippen LogP contribution in [0.5, 0.6) is 0 Å². The van der Waals surface area contributed by atoms with Crippen LogP contribution in [-0.2, 0) is 16.1 Å². The van der Waals surface area contributed by atoms with Gasteiger partial charge in [-0.05, 0) is 82.1 Å². The predicted molar refractivity (Wildman–Crippen MR) is 123 cm³/mol. The summed E-state index contributed by atoms with van der Waals surface area (Å²) < 4.78 is 11.0. The lowest BCUT2D eigenvalue weighted by Crippen LogP contribution is -2.52. The van der Waals surface area contributed by atoms with Crippen LogP contribution in [0.25, 0.3) is 0 Å². The van der Waals surface area contributed by atoms with Gasteiger partial charge in [0, 0.05) is 26.2 Å². The molecule has 0 atom stereocenters. The number of carbonyl (C=O) groups excluding carboxylic acids is 2. The first-order chi connectivity index (χ1) is 15.2. The van der Waals surface area contributed by atoms with Crippen molar-refractivity contribution < 1.29 is 19.1 Å². The smallest absolute Gasteiger partial charge is 0.410 e. The molecule has 1 spiro atoms. The van der Waals surface area contributed by atoms with Gasteiger partial charge >= 0.3 is 12.2 Å². The van der Waals surface area contributed by atoms with Crippen LogP contribution in [0, 0.1) is 17.3 Å². The second-order valence-electron chi connectivity index (χ2n) is 11.0. The minimum atomic E-state index is -0.434. The van der Waals surface area contributed by atoms with Gasteiger partial charge in [-0.25, -0.2) is 9.59 Å². The highest BCUT2D eigenvalue weighted by Gasteiger charge is 2.49. The normalized spacial score (nSPS) is 21.8. The molecule has 6 nitrogen and oxygen atoms in total. The van der Waals surface area contributed by atoms with E-state index in [1.54, 1.807) is 0 Å². The fraction of sp³-hybridized carbons (Fsp3) is 0.692. The van der Waals surface area contributed by atoms with E-state index in [2.05, 4.69) is 0 Å². The maximum Gasteiger partial charge on any atom is 0.410 e. The predicted octanol–water partition coefficient (Wildman–Crippen LogP) is 5.46. The zero-order chi connectivity index (χ0) is 22.8. The number of nitrogens with zero attached hydrogens (tertiary/aromatic N) is 2. The third kappa shape index (κ3) is 5.57. The number of ether oxygens (including phenoxy) is 2. The fourth-order valence-electron chi connectivity index (χ4n) is 5.65. The van der Waals surface area contributed by atoms with Crippen LogP contribution < -0.4 is 0 Å². The Labute approximate surface area is 192 Å². The van der Waals surface area contributed by atoms with Crippen LogP contribution in [0.4, 0.5) is 9.59 Å². The molecule has 1 aliphatic carbocycles. The average Bonchev–Trinajstić information content (AvgIpc) is 2.75. The van der Waals surface area contributed by atoms with E-state index in [4.69, 9.17) is 9.47 Å². The summed E-state index contributed by atoms with van der Waals surface area (Å²) in [7, 11) is 0. The standard InChI is InChI=1S/C26H38N2O4/c1-25(2,3)32-24(30)28-15-11-26(12-16-28)17-22(18-26)21-9-13-27(14-10-21)23(29)31-19-20-7-5-4-6-8-20/h4-8,21-22H,9-19H2,1-3H3. The Balaban J connectivity index is 1.15. The van der Waals surface area contributed by atoms with E-state index >= 15 is 0 Å². The van der Waals surface area contributed by atoms with E-state index in [1.807, 2.05) is 60.9 Å². The van der Waals surface area contributed by atoms with E-state index in [0.29, 0.717) is 17.9 Å². The zero-order valence-corrected chi connectivity index (χ0v) is 19.8. The summed E-state index contributed by atoms with van der Waals surface area (Å²) in [6.07, 6.45) is 6.52. The molecule has 1 aromatic rings. The summed E-state index contributed by atoms with van der Waals surface area (Å²) in [5.74, 6) is 1.48. The second kappa shape index (κ2) is 9.32. The number of hydrogen-bond donors (Lipinski definition) is 0. The Morgan fingerprint density at radius 3 is 2.09 bits per heavy atom. The lowest BCUT2D eigenvalue weighted by Gasteiger charge is -2.55. The van der Waals surface area contributed by atoms with Gasteiger partial charge in [0.15, 0.2) is 0 Å². The van der Waals surface area contributed by atoms with Crippen molar-refractivity contribution in [2.24, 2.45) is 17.3 Å². The van der Waals surface area contributed by atoms with Crippen molar-refractivity contribution in [3.8, 4) is 0 Å². The molecule has 2 aliphatic heterocycles. The summed E-state index contributed by atoms with van der Waals surface area (Å²) in [6.45, 7) is 9.32. The van der Waals surface area contributed by atoms with Crippen LogP contribution in [0.15, 0.2) is 30.3 Å². The van der Waals surface area contributed by atoms with Crippen LogP contribution in [0.2, 0.25) is 0 Å². The van der Waals surface area contributed by atoms with Crippen molar-refractivity contribution in [2.45, 2.75) is 71.5 Å². The second-order valence-corrected chi connectivity index (χ2v) is 11.0. The topological polar surface area (TPSA) is 59.1 Å². The SMILES string of the molecule is CC(C)(C)OC(=O)N1CCC2(CC1)CC(C1CCN(C(=O)OCc3ccccc3)CC1)C2. The summed E-state index contributed by atoms with van der Waals surface area (Å²) in [4.78, 5) is 28.5. The maximum absolute atomic E-state index is 12.4. The zero-order valence-electron chi connectivity index (χ0n) is 19.8. The highest BCUT2D eigenvalue weighted by atomic mass is 16.6. The molecule has 4 rings (SSSR count). The van der Waals surface area contributed by atoms with E-state index in [9.17, 15) is 9.59 Å². The van der Waals surface area contributed by atoms with Crippen LogP contribution in [-0.4, -0.2) is 53.8 Å². The van der Waals surface area contributed by atoms with Gasteiger partial charge in [0.05, 0.1) is 0 Å². The van der Waals surface area contributed by atoms with Crippen LogP contribution >= 0.6 is 0 Å². The summed E-state index contributed by atoms with van der Waals surface area (Å²) in [6, 6.07) is 9.84. The first kappa shape index (κ1) is 22.9. The number of benzene rings is 1. The summed E-state index contributed by atoms with van der Waals surface area (Å²) in [5, 5.41) is 0. The molecule has 2 saturated heterocycles. The molecule has 0 bridgehead atoms. The molecule has 176 valence electrons. The third-order valence-corrected chi connectivity index (χ3v) is 7.54. The van der Waals surface area contributed by atoms with E-state index in [1.165, 1.54) is 12.8 Å². The van der Waals surface area contributed by atoms with Crippen molar-refractivity contribution in [1.82, 2.24) is 9.80 Å². The largest absolute Gasteiger partial charge is 0.445 e. The molecular weight excluding hydrogens is 404 g/mol. The first-order valence-corrected chi connectivity index (χ1v) is 12.2. The highest BCUT2D eigenvalue weighted by molar-refractivity contribution is 5.68. The van der Waals surface area contributed by atoms with Crippen molar-refractivity contribution in [3.63, 3.8) is 0 Å². The molecule has 32 heavy (non-hydrogen) atoms. The third-order valence-electron chi connectivity index (χ3n) is 7.54. The minimum absolute atomic E-state index is 0.172. The fourth-order valence-corrected chi connectivity index (χ4v) is 5.65. The number of amides is 2. The van der Waals surface area contributed by atoms with Gasteiger partial charge in [-0.2, -0.15) is 0 Å². The van der Waals surface area contributed by atoms with Gasteiger partial charge in [-0.15, -0.1) is 0 Å². The Morgan fingerprint density at radius 2 is 1.50 bits per heavy atom. The summed E-state index contributed by atoms with van der Waals surface area (Å²) >= 11 is 0. The van der Waals surface area contributed by atoms with Gasteiger partial charge < -0.3 is 19.3 Å². The van der Waals surface area contributed by atoms with Crippen LogP contribution in [0.1, 0.15) is 64.9 Å². The molecule has 2 heterocycles. The summed E-state index contributed by atoms with van der Waals surface area (Å²) in [5.41, 5.74) is 1.01. The van der Waals surface area contributed by atoms with Gasteiger partial charge in [-0.1, -0.05) is 30.3 Å². The van der Waals surface area contributed by atoms with Crippen molar-refractivity contribution in [3.05, 3.63) is 35.9 Å². The molecule has 0 N–H and O–H groups in total. The van der Waals surface area contributed by atoms with Crippen molar-refractivity contribution in [1.29, 1.82) is 0 Å². The number of carbonyl (C=O) groups is 2. The molecule has 0 radical (unpaired) electrons. The number of likely N-dealkylation sites (tertiary alicyclic amines) is 2. The Kier molecular flexibility index (Phi) is 6.68. The maximum atomic E-state index is 12.4. The first-order valence-electron chi connectivity index (χ1n) is 12.2. The van der Waals surface area contributed by atoms with Crippen molar-refractivity contribution in [2.75, 3.05) is 26.2 Å². The lowest BCUT2D eigenvalue weighted by molar-refractivity contribution is -0.0525. The molecule has 2 amide bonds. The number of hydrogen-bond acceptors (Lipinski definition) is 4. The van der Waals surface area contributed by atoms with Gasteiger partial charge in [-0.3, -0.25) is 0 Å². The lowest BCUT2D eigenvalue weighted by atomic mass is 9.53. The average molecular weight is 443 g/mol. The highest BCUT2D eigenvalue weighted by Crippen LogP contribution is 2.56. The van der Waals surface area contributed by atoms with E-state index in [0.717, 1.165) is 63.3 Å². The number of rotatable bonds is 3. The quantitative estimate of drug-likeness (QED) is 0.623. The van der Waals surface area contributed by atoms with Gasteiger partial charge in [0.2, 0.25) is 0 Å². The van der Waals surface area contributed by atoms with Crippen molar-refractivity contribution >= 4 is 12.2 Å². The molecule has 1 saturated carbocycles. The Bertz CT molecular complexity index is 780. The molecule has 6 heteroatoms. The molecule has 0 aromatic heterocycles. The molecule has 3 fully saturated rings. The minimum Gasteiger partial charge on any atom is -0.445 e. The van der Waals surface area contributed by atoms with Gasteiger partial charge in [0.1, 0.15) is 12.2 Å². The Hall–Kier alpha value is -2.24. The molecular formula is C26H38N2O4. The van der Waals surface area contributed by atoms with Gasteiger partial charge in [0.25, 0.3) is 0 Å². The monoisotopic (exact) mass is 442 g/mol. The molecule has 0 unspecified atom stereocenters. The number of piperidine rings is 2. The van der Waals surface area contributed by atoms with Crippen LogP contribution in [0.3, 0.4) is 0 Å². The Morgan fingerprint density at radius 1 is 0.906 bits per heavy atom.